The van der Waals surface area contributed by atoms with Crippen LogP contribution in [0.5, 0.6) is 5.75 Å². The summed E-state index contributed by atoms with van der Waals surface area (Å²) in [5, 5.41) is 0. The molecule has 1 atom stereocenters. The smallest absolute Gasteiger partial charge is 0.244 e. The molecule has 4 nitrogen and oxygen atoms in total. The molecule has 0 aromatic heterocycles. The number of hydrogen-bond acceptors (Lipinski definition) is 3. The lowest BCUT2D eigenvalue weighted by atomic mass is 10.0. The molecule has 5 heteroatoms. The number of carbonyl (C=O) groups is 1. The Labute approximate surface area is 164 Å². The first-order valence-corrected chi connectivity index (χ1v) is 8.86. The van der Waals surface area contributed by atoms with Crippen molar-refractivity contribution in [3.63, 3.8) is 0 Å². The SMILES string of the molecule is [CH2]c1ccc(OCc2cccc(F)c2)c(N(C)C(C(N)=O)c2ccccc2)c1. The van der Waals surface area contributed by atoms with Crippen molar-refractivity contribution in [1.82, 2.24) is 0 Å². The zero-order chi connectivity index (χ0) is 20.1. The van der Waals surface area contributed by atoms with E-state index in [1.165, 1.54) is 12.1 Å². The first-order valence-electron chi connectivity index (χ1n) is 8.86. The Bertz CT molecular complexity index is 960. The Morgan fingerprint density at radius 2 is 1.86 bits per heavy atom. The number of nitrogens with zero attached hydrogens (tertiary/aromatic N) is 1. The summed E-state index contributed by atoms with van der Waals surface area (Å²) in [7, 11) is 1.78. The van der Waals surface area contributed by atoms with Gasteiger partial charge >= 0.3 is 0 Å². The van der Waals surface area contributed by atoms with Gasteiger partial charge in [0.1, 0.15) is 24.2 Å². The number of amides is 1. The van der Waals surface area contributed by atoms with Gasteiger partial charge in [0.25, 0.3) is 0 Å². The van der Waals surface area contributed by atoms with Crippen molar-refractivity contribution in [2.45, 2.75) is 12.6 Å². The van der Waals surface area contributed by atoms with E-state index in [-0.39, 0.29) is 12.4 Å². The number of hydrogen-bond donors (Lipinski definition) is 1. The Hall–Kier alpha value is -3.34. The van der Waals surface area contributed by atoms with E-state index in [9.17, 15) is 9.18 Å². The molecule has 0 aliphatic heterocycles. The predicted molar refractivity (Wildman–Crippen MR) is 108 cm³/mol. The second kappa shape index (κ2) is 8.57. The molecule has 0 aliphatic rings. The van der Waals surface area contributed by atoms with Gasteiger partial charge in [0, 0.05) is 7.05 Å². The highest BCUT2D eigenvalue weighted by atomic mass is 19.1. The van der Waals surface area contributed by atoms with E-state index < -0.39 is 11.9 Å². The van der Waals surface area contributed by atoms with Crippen LogP contribution in [-0.4, -0.2) is 13.0 Å². The molecule has 0 bridgehead atoms. The number of ether oxygens (including phenoxy) is 1. The third-order valence-electron chi connectivity index (χ3n) is 4.46. The molecule has 28 heavy (non-hydrogen) atoms. The Morgan fingerprint density at radius 3 is 2.54 bits per heavy atom. The molecule has 0 aliphatic carbocycles. The van der Waals surface area contributed by atoms with E-state index in [1.54, 1.807) is 30.1 Å². The van der Waals surface area contributed by atoms with Crippen molar-refractivity contribution in [3.8, 4) is 5.75 Å². The maximum atomic E-state index is 13.4. The zero-order valence-corrected chi connectivity index (χ0v) is 15.6. The van der Waals surface area contributed by atoms with Crippen LogP contribution in [0.1, 0.15) is 22.7 Å². The maximum absolute atomic E-state index is 13.4. The van der Waals surface area contributed by atoms with Crippen LogP contribution in [0.2, 0.25) is 0 Å². The standard InChI is InChI=1S/C23H22FN2O2/c1-16-11-12-21(28-15-17-7-6-10-19(24)14-17)20(13-16)26(2)22(23(25)27)18-8-4-3-5-9-18/h3-14,22H,1,15H2,2H3,(H2,25,27). The Kier molecular flexibility index (Phi) is 5.94. The average molecular weight is 377 g/mol. The summed E-state index contributed by atoms with van der Waals surface area (Å²) in [6.45, 7) is 4.16. The number of carbonyl (C=O) groups excluding carboxylic acids is 1. The van der Waals surface area contributed by atoms with Crippen molar-refractivity contribution in [2.75, 3.05) is 11.9 Å². The summed E-state index contributed by atoms with van der Waals surface area (Å²) in [6.07, 6.45) is 0. The van der Waals surface area contributed by atoms with Crippen LogP contribution in [-0.2, 0) is 11.4 Å². The largest absolute Gasteiger partial charge is 0.487 e. The molecule has 0 fully saturated rings. The Morgan fingerprint density at radius 1 is 1.11 bits per heavy atom. The van der Waals surface area contributed by atoms with Gasteiger partial charge in [-0.05, 0) is 47.9 Å². The molecule has 3 rings (SSSR count). The van der Waals surface area contributed by atoms with Crippen molar-refractivity contribution in [2.24, 2.45) is 5.73 Å². The minimum atomic E-state index is -0.667. The van der Waals surface area contributed by atoms with Gasteiger partial charge in [0.05, 0.1) is 5.69 Å². The third kappa shape index (κ3) is 4.49. The van der Waals surface area contributed by atoms with Crippen molar-refractivity contribution in [3.05, 3.63) is 102 Å². The second-order valence-corrected chi connectivity index (χ2v) is 6.55. The normalized spacial score (nSPS) is 11.7. The van der Waals surface area contributed by atoms with Crippen LogP contribution in [0, 0.1) is 12.7 Å². The van der Waals surface area contributed by atoms with E-state index >= 15 is 0 Å². The van der Waals surface area contributed by atoms with E-state index in [2.05, 4.69) is 6.92 Å². The summed E-state index contributed by atoms with van der Waals surface area (Å²) in [5.74, 6) is -0.231. The molecule has 0 saturated carbocycles. The summed E-state index contributed by atoms with van der Waals surface area (Å²) in [6, 6.07) is 20.3. The quantitative estimate of drug-likeness (QED) is 0.670. The molecular weight excluding hydrogens is 355 g/mol. The summed E-state index contributed by atoms with van der Waals surface area (Å²) >= 11 is 0. The molecule has 3 aromatic carbocycles. The Balaban J connectivity index is 1.91. The molecule has 2 N–H and O–H groups in total. The number of primary amides is 1. The van der Waals surface area contributed by atoms with Gasteiger partial charge < -0.3 is 15.4 Å². The predicted octanol–water partition coefficient (Wildman–Crippen LogP) is 4.25. The van der Waals surface area contributed by atoms with Gasteiger partial charge in [-0.25, -0.2) is 4.39 Å². The van der Waals surface area contributed by atoms with E-state index in [0.29, 0.717) is 17.0 Å². The maximum Gasteiger partial charge on any atom is 0.244 e. The number of benzene rings is 3. The second-order valence-electron chi connectivity index (χ2n) is 6.55. The van der Waals surface area contributed by atoms with Crippen molar-refractivity contribution < 1.29 is 13.9 Å². The fourth-order valence-corrected chi connectivity index (χ4v) is 3.10. The number of halogens is 1. The first kappa shape index (κ1) is 19.4. The summed E-state index contributed by atoms with van der Waals surface area (Å²) in [5.41, 5.74) is 8.64. The van der Waals surface area contributed by atoms with Gasteiger partial charge in [-0.15, -0.1) is 0 Å². The first-order chi connectivity index (χ1) is 13.5. The average Bonchev–Trinajstić information content (AvgIpc) is 2.67. The van der Waals surface area contributed by atoms with Gasteiger partial charge in [0.15, 0.2) is 0 Å². The van der Waals surface area contributed by atoms with Crippen LogP contribution in [0.15, 0.2) is 72.8 Å². The fourth-order valence-electron chi connectivity index (χ4n) is 3.10. The summed E-state index contributed by atoms with van der Waals surface area (Å²) in [4.78, 5) is 14.0. The monoisotopic (exact) mass is 377 g/mol. The number of anilines is 1. The van der Waals surface area contributed by atoms with Crippen LogP contribution in [0.3, 0.4) is 0 Å². The van der Waals surface area contributed by atoms with Crippen LogP contribution >= 0.6 is 0 Å². The van der Waals surface area contributed by atoms with Gasteiger partial charge in [0.2, 0.25) is 5.91 Å². The highest BCUT2D eigenvalue weighted by molar-refractivity contribution is 5.85. The van der Waals surface area contributed by atoms with E-state index in [0.717, 1.165) is 11.1 Å². The van der Waals surface area contributed by atoms with Crippen molar-refractivity contribution in [1.29, 1.82) is 0 Å². The van der Waals surface area contributed by atoms with Gasteiger partial charge in [-0.1, -0.05) is 48.5 Å². The minimum absolute atomic E-state index is 0.196. The lowest BCUT2D eigenvalue weighted by Gasteiger charge is -2.30. The topological polar surface area (TPSA) is 55.6 Å². The fraction of sp³-hybridized carbons (Fsp3) is 0.130. The molecule has 0 spiro atoms. The van der Waals surface area contributed by atoms with Crippen LogP contribution in [0.4, 0.5) is 10.1 Å². The lowest BCUT2D eigenvalue weighted by Crippen LogP contribution is -2.35. The minimum Gasteiger partial charge on any atom is -0.487 e. The highest BCUT2D eigenvalue weighted by Gasteiger charge is 2.25. The molecule has 0 saturated heterocycles. The zero-order valence-electron chi connectivity index (χ0n) is 15.6. The molecule has 1 unspecified atom stereocenters. The number of rotatable bonds is 7. The number of nitrogens with two attached hydrogens (primary N) is 1. The molecule has 3 aromatic rings. The molecule has 1 radical (unpaired) electrons. The van der Waals surface area contributed by atoms with Crippen LogP contribution in [0.25, 0.3) is 0 Å². The summed E-state index contributed by atoms with van der Waals surface area (Å²) < 4.78 is 19.3. The molecule has 143 valence electrons. The highest BCUT2D eigenvalue weighted by Crippen LogP contribution is 2.34. The van der Waals surface area contributed by atoms with Gasteiger partial charge in [-0.2, -0.15) is 0 Å². The third-order valence-corrected chi connectivity index (χ3v) is 4.46. The van der Waals surface area contributed by atoms with Crippen molar-refractivity contribution >= 4 is 11.6 Å². The van der Waals surface area contributed by atoms with Gasteiger partial charge in [-0.3, -0.25) is 4.79 Å². The van der Waals surface area contributed by atoms with E-state index in [1.807, 2.05) is 42.5 Å². The molecule has 1 amide bonds. The molecule has 0 heterocycles. The van der Waals surface area contributed by atoms with Crippen LogP contribution < -0.4 is 15.4 Å². The number of likely N-dealkylation sites (N-methyl/N-ethyl adjacent to an activating group) is 1. The van der Waals surface area contributed by atoms with E-state index in [4.69, 9.17) is 10.5 Å². The molecular formula is C23H22FN2O2. The lowest BCUT2D eigenvalue weighted by molar-refractivity contribution is -0.119.